The second-order valence-electron chi connectivity index (χ2n) is 6.27. The Morgan fingerprint density at radius 1 is 0.947 bits per heavy atom. The molecule has 19 heavy (non-hydrogen) atoms. The summed E-state index contributed by atoms with van der Waals surface area (Å²) in [5, 5.41) is 0. The van der Waals surface area contributed by atoms with E-state index in [0.717, 1.165) is 5.92 Å². The zero-order chi connectivity index (χ0) is 13.9. The number of hydrogen-bond donors (Lipinski definition) is 0. The lowest BCUT2D eigenvalue weighted by molar-refractivity contribution is -0.238. The predicted octanol–water partition coefficient (Wildman–Crippen LogP) is 4.95. The molecule has 0 aromatic rings. The van der Waals surface area contributed by atoms with E-state index >= 15 is 0 Å². The number of rotatable bonds is 3. The van der Waals surface area contributed by atoms with E-state index in [4.69, 9.17) is 4.74 Å². The monoisotopic (exact) mass is 278 g/mol. The van der Waals surface area contributed by atoms with Gasteiger partial charge in [0, 0.05) is 0 Å². The van der Waals surface area contributed by atoms with E-state index < -0.39 is 12.3 Å². The standard InChI is InChI=1S/C15H25F3O/c1-2-3-11-4-6-12(7-5-11)13-8-9-14(19-10-13)15(16,17)18/h11-14H,2-10H2,1H3/t11?,12?,13-,14+/m0/s1. The van der Waals surface area contributed by atoms with Crippen molar-refractivity contribution in [3.63, 3.8) is 0 Å². The molecule has 0 N–H and O–H groups in total. The van der Waals surface area contributed by atoms with Crippen LogP contribution < -0.4 is 0 Å². The molecular weight excluding hydrogens is 253 g/mol. The van der Waals surface area contributed by atoms with E-state index in [2.05, 4.69) is 6.92 Å². The highest BCUT2D eigenvalue weighted by Gasteiger charge is 2.44. The summed E-state index contributed by atoms with van der Waals surface area (Å²) in [6.07, 6.45) is 2.61. The van der Waals surface area contributed by atoms with Gasteiger partial charge in [0.2, 0.25) is 0 Å². The van der Waals surface area contributed by atoms with Crippen molar-refractivity contribution in [2.45, 2.75) is 70.6 Å². The molecule has 0 spiro atoms. The van der Waals surface area contributed by atoms with Crippen LogP contribution in [-0.4, -0.2) is 18.9 Å². The van der Waals surface area contributed by atoms with Crippen LogP contribution >= 0.6 is 0 Å². The molecule has 0 aromatic carbocycles. The van der Waals surface area contributed by atoms with Gasteiger partial charge in [0.1, 0.15) is 0 Å². The minimum Gasteiger partial charge on any atom is -0.368 e. The summed E-state index contributed by atoms with van der Waals surface area (Å²) in [4.78, 5) is 0. The first-order valence-electron chi connectivity index (χ1n) is 7.69. The molecule has 1 heterocycles. The molecule has 0 amide bonds. The second kappa shape index (κ2) is 6.47. The predicted molar refractivity (Wildman–Crippen MR) is 68.9 cm³/mol. The normalized spacial score (nSPS) is 37.3. The topological polar surface area (TPSA) is 9.23 Å². The Morgan fingerprint density at radius 3 is 2.05 bits per heavy atom. The number of ether oxygens (including phenoxy) is 1. The fourth-order valence-electron chi connectivity index (χ4n) is 3.76. The summed E-state index contributed by atoms with van der Waals surface area (Å²) in [5.74, 6) is 1.82. The van der Waals surface area contributed by atoms with Crippen molar-refractivity contribution in [3.8, 4) is 0 Å². The molecule has 0 bridgehead atoms. The van der Waals surface area contributed by atoms with E-state index in [1.807, 2.05) is 0 Å². The highest BCUT2D eigenvalue weighted by atomic mass is 19.4. The fraction of sp³-hybridized carbons (Fsp3) is 1.00. The molecule has 2 rings (SSSR count). The smallest absolute Gasteiger partial charge is 0.368 e. The van der Waals surface area contributed by atoms with Crippen LogP contribution in [0.15, 0.2) is 0 Å². The largest absolute Gasteiger partial charge is 0.414 e. The van der Waals surface area contributed by atoms with E-state index in [1.165, 1.54) is 38.5 Å². The van der Waals surface area contributed by atoms with Crippen molar-refractivity contribution in [1.82, 2.24) is 0 Å². The van der Waals surface area contributed by atoms with Crippen LogP contribution in [0.4, 0.5) is 13.2 Å². The van der Waals surface area contributed by atoms with Crippen molar-refractivity contribution in [1.29, 1.82) is 0 Å². The number of alkyl halides is 3. The van der Waals surface area contributed by atoms with Crippen LogP contribution in [0.1, 0.15) is 58.3 Å². The average Bonchev–Trinajstić information content (AvgIpc) is 2.39. The first kappa shape index (κ1) is 15.1. The van der Waals surface area contributed by atoms with Crippen LogP contribution in [0, 0.1) is 17.8 Å². The lowest BCUT2D eigenvalue weighted by atomic mass is 9.73. The summed E-state index contributed by atoms with van der Waals surface area (Å²) in [5.41, 5.74) is 0. The van der Waals surface area contributed by atoms with Crippen molar-refractivity contribution < 1.29 is 17.9 Å². The van der Waals surface area contributed by atoms with Gasteiger partial charge < -0.3 is 4.74 Å². The van der Waals surface area contributed by atoms with E-state index in [1.54, 1.807) is 0 Å². The molecule has 2 atom stereocenters. The lowest BCUT2D eigenvalue weighted by Gasteiger charge is -2.38. The van der Waals surface area contributed by atoms with Gasteiger partial charge in [-0.05, 0) is 43.4 Å². The SMILES string of the molecule is CCCC1CCC([C@H]2CC[C@H](C(F)(F)F)OC2)CC1. The molecule has 1 aliphatic heterocycles. The Kier molecular flexibility index (Phi) is 5.15. The van der Waals surface area contributed by atoms with Gasteiger partial charge >= 0.3 is 6.18 Å². The van der Waals surface area contributed by atoms with Crippen molar-refractivity contribution in [2.24, 2.45) is 17.8 Å². The van der Waals surface area contributed by atoms with Gasteiger partial charge in [-0.1, -0.05) is 32.6 Å². The quantitative estimate of drug-likeness (QED) is 0.709. The average molecular weight is 278 g/mol. The maximum atomic E-state index is 12.5. The third-order valence-corrected chi connectivity index (χ3v) is 4.93. The Balaban J connectivity index is 1.74. The summed E-state index contributed by atoms with van der Waals surface area (Å²) in [6.45, 7) is 2.53. The van der Waals surface area contributed by atoms with E-state index in [9.17, 15) is 13.2 Å². The van der Waals surface area contributed by atoms with Crippen LogP contribution in [0.25, 0.3) is 0 Å². The Labute approximate surface area is 113 Å². The van der Waals surface area contributed by atoms with Gasteiger partial charge in [-0.3, -0.25) is 0 Å². The maximum absolute atomic E-state index is 12.5. The molecule has 1 saturated carbocycles. The summed E-state index contributed by atoms with van der Waals surface area (Å²) in [6, 6.07) is 0. The van der Waals surface area contributed by atoms with Crippen LogP contribution in [-0.2, 0) is 4.74 Å². The van der Waals surface area contributed by atoms with Crippen molar-refractivity contribution in [2.75, 3.05) is 6.61 Å². The zero-order valence-electron chi connectivity index (χ0n) is 11.7. The second-order valence-corrected chi connectivity index (χ2v) is 6.27. The van der Waals surface area contributed by atoms with Crippen LogP contribution in [0.3, 0.4) is 0 Å². The molecule has 1 saturated heterocycles. The summed E-state index contributed by atoms with van der Waals surface area (Å²) in [7, 11) is 0. The molecule has 1 aliphatic carbocycles. The fourth-order valence-corrected chi connectivity index (χ4v) is 3.76. The molecule has 112 valence electrons. The van der Waals surface area contributed by atoms with Gasteiger partial charge in [0.25, 0.3) is 0 Å². The van der Waals surface area contributed by atoms with E-state index in [0.29, 0.717) is 24.9 Å². The summed E-state index contributed by atoms with van der Waals surface area (Å²) >= 11 is 0. The molecule has 0 aromatic heterocycles. The van der Waals surface area contributed by atoms with Crippen LogP contribution in [0.2, 0.25) is 0 Å². The third kappa shape index (κ3) is 4.11. The Bertz CT molecular complexity index is 261. The molecule has 2 aliphatic rings. The Hall–Kier alpha value is -0.250. The Morgan fingerprint density at radius 2 is 1.58 bits per heavy atom. The van der Waals surface area contributed by atoms with Gasteiger partial charge in [0.05, 0.1) is 6.61 Å². The molecule has 0 radical (unpaired) electrons. The summed E-state index contributed by atoms with van der Waals surface area (Å²) < 4.78 is 42.6. The zero-order valence-corrected chi connectivity index (χ0v) is 11.7. The van der Waals surface area contributed by atoms with Gasteiger partial charge in [0.15, 0.2) is 6.10 Å². The maximum Gasteiger partial charge on any atom is 0.414 e. The highest BCUT2D eigenvalue weighted by Crippen LogP contribution is 2.40. The van der Waals surface area contributed by atoms with Gasteiger partial charge in [-0.2, -0.15) is 13.2 Å². The third-order valence-electron chi connectivity index (χ3n) is 4.93. The lowest BCUT2D eigenvalue weighted by Crippen LogP contribution is -2.39. The number of halogens is 3. The number of hydrogen-bond acceptors (Lipinski definition) is 1. The molecular formula is C15H25F3O. The minimum atomic E-state index is -4.18. The highest BCUT2D eigenvalue weighted by molar-refractivity contribution is 4.82. The van der Waals surface area contributed by atoms with Gasteiger partial charge in [-0.15, -0.1) is 0 Å². The first-order valence-corrected chi connectivity index (χ1v) is 7.69. The first-order chi connectivity index (χ1) is 9.00. The van der Waals surface area contributed by atoms with Crippen LogP contribution in [0.5, 0.6) is 0 Å². The van der Waals surface area contributed by atoms with Crippen molar-refractivity contribution >= 4 is 0 Å². The molecule has 1 nitrogen and oxygen atoms in total. The van der Waals surface area contributed by atoms with Gasteiger partial charge in [-0.25, -0.2) is 0 Å². The van der Waals surface area contributed by atoms with E-state index in [-0.39, 0.29) is 6.42 Å². The molecule has 2 fully saturated rings. The van der Waals surface area contributed by atoms with Crippen molar-refractivity contribution in [3.05, 3.63) is 0 Å². The minimum absolute atomic E-state index is 0.156. The molecule has 4 heteroatoms. The molecule has 0 unspecified atom stereocenters.